The number of hydrogen-bond donors (Lipinski definition) is 3. The van der Waals surface area contributed by atoms with Crippen LogP contribution in [-0.2, 0) is 9.84 Å². The molecule has 0 aromatic rings. The Morgan fingerprint density at radius 1 is 1.38 bits per heavy atom. The second-order valence-corrected chi connectivity index (χ2v) is 6.53. The first kappa shape index (κ1) is 18.7. The van der Waals surface area contributed by atoms with E-state index in [1.165, 1.54) is 6.08 Å². The monoisotopic (exact) mass is 311 g/mol. The van der Waals surface area contributed by atoms with Crippen molar-refractivity contribution in [2.45, 2.75) is 26.8 Å². The van der Waals surface area contributed by atoms with Crippen molar-refractivity contribution in [3.05, 3.63) is 22.8 Å². The van der Waals surface area contributed by atoms with Crippen LogP contribution in [0.15, 0.2) is 32.7 Å². The number of aliphatic imine (C=N–C) groups is 2. The first-order valence-corrected chi connectivity index (χ1v) is 7.94. The zero-order valence-corrected chi connectivity index (χ0v) is 13.4. The molecule has 0 aromatic carbocycles. The third-order valence-corrected chi connectivity index (χ3v) is 3.06. The molecule has 0 aliphatic carbocycles. The summed E-state index contributed by atoms with van der Waals surface area (Å²) >= 11 is 0. The standard InChI is InChI=1S/C13H21N5O2S/c1-6-7-11(21(5,19)20)8-10(4)17-13(15)18-12(14)16-9(2)3/h1,7-9H,2-5H3,(H5,14,15,16,17,18)/b10-8+,11-7+. The highest BCUT2D eigenvalue weighted by Crippen LogP contribution is 2.07. The fraction of sp³-hybridized carbons (Fsp3) is 0.385. The van der Waals surface area contributed by atoms with Gasteiger partial charge in [0.1, 0.15) is 0 Å². The van der Waals surface area contributed by atoms with Crippen molar-refractivity contribution in [3.63, 3.8) is 0 Å². The normalized spacial score (nSPS) is 15.0. The summed E-state index contributed by atoms with van der Waals surface area (Å²) in [7, 11) is -3.42. The smallest absolute Gasteiger partial charge is 0.218 e. The summed E-state index contributed by atoms with van der Waals surface area (Å²) in [5.74, 6) is 2.20. The van der Waals surface area contributed by atoms with Crippen molar-refractivity contribution in [3.8, 4) is 12.3 Å². The number of nitrogens with two attached hydrogens (primary N) is 2. The van der Waals surface area contributed by atoms with Gasteiger partial charge in [0.15, 0.2) is 9.84 Å². The quantitative estimate of drug-likeness (QED) is 0.294. The third kappa shape index (κ3) is 8.49. The summed E-state index contributed by atoms with van der Waals surface area (Å²) in [5.41, 5.74) is 11.6. The molecule has 0 atom stereocenters. The van der Waals surface area contributed by atoms with Crippen molar-refractivity contribution >= 4 is 21.8 Å². The number of sulfone groups is 1. The van der Waals surface area contributed by atoms with Gasteiger partial charge < -0.3 is 16.8 Å². The summed E-state index contributed by atoms with van der Waals surface area (Å²) in [6.07, 6.45) is 8.66. The minimum Gasteiger partial charge on any atom is -0.369 e. The van der Waals surface area contributed by atoms with E-state index in [9.17, 15) is 8.42 Å². The molecule has 5 N–H and O–H groups in total. The van der Waals surface area contributed by atoms with Crippen molar-refractivity contribution in [1.82, 2.24) is 5.32 Å². The van der Waals surface area contributed by atoms with Crippen molar-refractivity contribution in [2.24, 2.45) is 21.5 Å². The molecule has 8 heteroatoms. The van der Waals surface area contributed by atoms with Gasteiger partial charge >= 0.3 is 0 Å². The van der Waals surface area contributed by atoms with Crippen molar-refractivity contribution in [1.29, 1.82) is 0 Å². The van der Waals surface area contributed by atoms with Gasteiger partial charge in [-0.05, 0) is 26.8 Å². The minimum atomic E-state index is -3.42. The Morgan fingerprint density at radius 2 is 1.95 bits per heavy atom. The molecule has 0 radical (unpaired) electrons. The number of allylic oxidation sites excluding steroid dienone is 3. The number of hydrogen-bond acceptors (Lipinski definition) is 3. The maximum Gasteiger partial charge on any atom is 0.218 e. The molecule has 0 aliphatic rings. The van der Waals surface area contributed by atoms with Gasteiger partial charge in [-0.1, -0.05) is 5.92 Å². The summed E-state index contributed by atoms with van der Waals surface area (Å²) in [6.45, 7) is 5.31. The van der Waals surface area contributed by atoms with E-state index in [1.54, 1.807) is 6.92 Å². The van der Waals surface area contributed by atoms with E-state index < -0.39 is 9.84 Å². The Balaban J connectivity index is 5.18. The topological polar surface area (TPSA) is 123 Å². The summed E-state index contributed by atoms with van der Waals surface area (Å²) in [6, 6.07) is -0.00594. The number of rotatable bonds is 4. The maximum absolute atomic E-state index is 11.5. The molecule has 0 amide bonds. The highest BCUT2D eigenvalue weighted by Gasteiger charge is 2.08. The number of nitrogens with one attached hydrogen (secondary N) is 1. The second kappa shape index (κ2) is 8.11. The highest BCUT2D eigenvalue weighted by atomic mass is 32.2. The number of terminal acetylenes is 1. The lowest BCUT2D eigenvalue weighted by atomic mass is 10.4. The van der Waals surface area contributed by atoms with Gasteiger partial charge in [0.2, 0.25) is 11.9 Å². The first-order valence-electron chi connectivity index (χ1n) is 6.05. The maximum atomic E-state index is 11.5. The third-order valence-electron chi connectivity index (χ3n) is 1.96. The summed E-state index contributed by atoms with van der Waals surface area (Å²) < 4.78 is 23.0. The molecular weight excluding hydrogens is 290 g/mol. The second-order valence-electron chi connectivity index (χ2n) is 4.52. The van der Waals surface area contributed by atoms with E-state index in [0.717, 1.165) is 12.3 Å². The molecule has 0 saturated carbocycles. The van der Waals surface area contributed by atoms with E-state index in [0.29, 0.717) is 5.70 Å². The van der Waals surface area contributed by atoms with Gasteiger partial charge in [-0.2, -0.15) is 4.99 Å². The van der Waals surface area contributed by atoms with Crippen molar-refractivity contribution < 1.29 is 8.42 Å². The predicted octanol–water partition coefficient (Wildman–Crippen LogP) is 0.0793. The fourth-order valence-corrected chi connectivity index (χ4v) is 1.91. The van der Waals surface area contributed by atoms with Crippen LogP contribution in [0.5, 0.6) is 0 Å². The molecule has 21 heavy (non-hydrogen) atoms. The van der Waals surface area contributed by atoms with Gasteiger partial charge in [-0.3, -0.25) is 0 Å². The highest BCUT2D eigenvalue weighted by molar-refractivity contribution is 7.94. The Hall–Kier alpha value is -2.27. The molecule has 116 valence electrons. The van der Waals surface area contributed by atoms with Crippen LogP contribution in [0, 0.1) is 12.3 Å². The van der Waals surface area contributed by atoms with Gasteiger partial charge in [-0.25, -0.2) is 13.4 Å². The predicted molar refractivity (Wildman–Crippen MR) is 87.0 cm³/mol. The largest absolute Gasteiger partial charge is 0.369 e. The molecule has 0 fully saturated rings. The zero-order valence-electron chi connectivity index (χ0n) is 12.6. The zero-order chi connectivity index (χ0) is 16.6. The van der Waals surface area contributed by atoms with Crippen LogP contribution in [0.25, 0.3) is 0 Å². The first-order chi connectivity index (χ1) is 9.56. The fourth-order valence-electron chi connectivity index (χ4n) is 1.23. The Kier molecular flexibility index (Phi) is 7.24. The lowest BCUT2D eigenvalue weighted by Crippen LogP contribution is -2.32. The van der Waals surface area contributed by atoms with Crippen LogP contribution >= 0.6 is 0 Å². The lowest BCUT2D eigenvalue weighted by molar-refractivity contribution is 0.608. The van der Waals surface area contributed by atoms with Crippen molar-refractivity contribution in [2.75, 3.05) is 6.26 Å². The van der Waals surface area contributed by atoms with Crippen LogP contribution in [0.1, 0.15) is 20.8 Å². The molecule has 0 heterocycles. The van der Waals surface area contributed by atoms with Crippen LogP contribution in [-0.4, -0.2) is 32.6 Å². The molecule has 7 nitrogen and oxygen atoms in total. The molecule has 0 aliphatic heterocycles. The molecule has 0 spiro atoms. The van der Waals surface area contributed by atoms with Gasteiger partial charge in [0.25, 0.3) is 0 Å². The molecule has 0 rings (SSSR count). The lowest BCUT2D eigenvalue weighted by Gasteiger charge is -2.07. The SMILES string of the molecule is C#C/C=C(\C=C(/C)NC(N)=NC(N)=NC(C)C)S(C)(=O)=O. The summed E-state index contributed by atoms with van der Waals surface area (Å²) in [5, 5.41) is 2.70. The Bertz CT molecular complexity index is 634. The van der Waals surface area contributed by atoms with Crippen LogP contribution < -0.4 is 16.8 Å². The van der Waals surface area contributed by atoms with Crippen LogP contribution in [0.2, 0.25) is 0 Å². The molecule has 0 saturated heterocycles. The number of nitrogens with zero attached hydrogens (tertiary/aromatic N) is 2. The van der Waals surface area contributed by atoms with E-state index in [2.05, 4.69) is 21.2 Å². The van der Waals surface area contributed by atoms with E-state index in [-0.39, 0.29) is 22.9 Å². The van der Waals surface area contributed by atoms with Gasteiger partial charge in [0.05, 0.1) is 4.91 Å². The van der Waals surface area contributed by atoms with E-state index in [4.69, 9.17) is 17.9 Å². The Labute approximate surface area is 125 Å². The molecule has 0 bridgehead atoms. The number of guanidine groups is 2. The molecule has 0 unspecified atom stereocenters. The van der Waals surface area contributed by atoms with Gasteiger partial charge in [0, 0.05) is 24.1 Å². The average Bonchev–Trinajstić information content (AvgIpc) is 2.24. The van der Waals surface area contributed by atoms with Crippen LogP contribution in [0.3, 0.4) is 0 Å². The molecule has 0 aromatic heterocycles. The van der Waals surface area contributed by atoms with E-state index in [1.807, 2.05) is 13.8 Å². The summed E-state index contributed by atoms with van der Waals surface area (Å²) in [4.78, 5) is 7.81. The Morgan fingerprint density at radius 3 is 2.38 bits per heavy atom. The van der Waals surface area contributed by atoms with E-state index >= 15 is 0 Å². The minimum absolute atomic E-state index is 0.000733. The average molecular weight is 311 g/mol. The van der Waals surface area contributed by atoms with Crippen LogP contribution in [0.4, 0.5) is 0 Å². The van der Waals surface area contributed by atoms with Gasteiger partial charge in [-0.15, -0.1) is 6.42 Å². The molecular formula is C13H21N5O2S.